The van der Waals surface area contributed by atoms with Gasteiger partial charge in [-0.2, -0.15) is 0 Å². The molecule has 0 aliphatic heterocycles. The number of hydrogen-bond donors (Lipinski definition) is 2. The van der Waals surface area contributed by atoms with Crippen LogP contribution in [0.1, 0.15) is 5.56 Å². The molecule has 0 spiro atoms. The summed E-state index contributed by atoms with van der Waals surface area (Å²) in [6.45, 7) is 2.02. The third kappa shape index (κ3) is 2.26. The highest BCUT2D eigenvalue weighted by Crippen LogP contribution is 2.19. The Morgan fingerprint density at radius 1 is 1.20 bits per heavy atom. The summed E-state index contributed by atoms with van der Waals surface area (Å²) >= 11 is 0. The lowest BCUT2D eigenvalue weighted by Crippen LogP contribution is -1.96. The maximum atomic E-state index is 5.69. The van der Waals surface area contributed by atoms with Crippen LogP contribution in [0, 0.1) is 6.92 Å². The van der Waals surface area contributed by atoms with Crippen LogP contribution in [0.3, 0.4) is 0 Å². The van der Waals surface area contributed by atoms with Crippen molar-refractivity contribution >= 4 is 17.2 Å². The first-order valence-electron chi connectivity index (χ1n) is 4.80. The van der Waals surface area contributed by atoms with Crippen molar-refractivity contribution in [2.45, 2.75) is 6.92 Å². The average Bonchev–Trinajstić information content (AvgIpc) is 2.22. The minimum Gasteiger partial charge on any atom is -0.399 e. The smallest absolute Gasteiger partial charge is 0.133 e. The normalized spacial score (nSPS) is 9.93. The van der Waals surface area contributed by atoms with E-state index in [1.807, 2.05) is 43.3 Å². The summed E-state index contributed by atoms with van der Waals surface area (Å²) in [5, 5.41) is 3.22. The lowest BCUT2D eigenvalue weighted by molar-refractivity contribution is 1.26. The fourth-order valence-electron chi connectivity index (χ4n) is 1.37. The predicted octanol–water partition coefficient (Wildman–Crippen LogP) is 2.72. The summed E-state index contributed by atoms with van der Waals surface area (Å²) in [5.41, 5.74) is 8.50. The predicted molar refractivity (Wildman–Crippen MR) is 63.1 cm³/mol. The van der Waals surface area contributed by atoms with Crippen LogP contribution in [0.15, 0.2) is 42.6 Å². The van der Waals surface area contributed by atoms with Gasteiger partial charge >= 0.3 is 0 Å². The Kier molecular flexibility index (Phi) is 2.54. The summed E-state index contributed by atoms with van der Waals surface area (Å²) in [5.74, 6) is 0.864. The standard InChI is InChI=1S/C12H13N3/c1-9-4-3-7-14-12(9)15-11-6-2-5-10(13)8-11/h2-8H,13H2,1H3,(H,14,15). The van der Waals surface area contributed by atoms with Crippen molar-refractivity contribution in [3.05, 3.63) is 48.2 Å². The zero-order valence-corrected chi connectivity index (χ0v) is 8.57. The second kappa shape index (κ2) is 4.00. The molecular formula is C12H13N3. The maximum Gasteiger partial charge on any atom is 0.133 e. The van der Waals surface area contributed by atoms with Crippen molar-refractivity contribution in [2.24, 2.45) is 0 Å². The van der Waals surface area contributed by atoms with E-state index in [-0.39, 0.29) is 0 Å². The second-order valence-electron chi connectivity index (χ2n) is 3.42. The van der Waals surface area contributed by atoms with Crippen LogP contribution in [0.5, 0.6) is 0 Å². The highest BCUT2D eigenvalue weighted by Gasteiger charge is 1.98. The monoisotopic (exact) mass is 199 g/mol. The van der Waals surface area contributed by atoms with Gasteiger partial charge in [0.15, 0.2) is 0 Å². The number of pyridine rings is 1. The molecule has 1 heterocycles. The lowest BCUT2D eigenvalue weighted by atomic mass is 10.2. The number of benzene rings is 1. The van der Waals surface area contributed by atoms with Crippen LogP contribution in [0.25, 0.3) is 0 Å². The molecule has 0 aliphatic rings. The fraction of sp³-hybridized carbons (Fsp3) is 0.0833. The van der Waals surface area contributed by atoms with Crippen LogP contribution >= 0.6 is 0 Å². The van der Waals surface area contributed by atoms with Gasteiger partial charge in [-0.25, -0.2) is 4.98 Å². The molecule has 0 unspecified atom stereocenters. The largest absolute Gasteiger partial charge is 0.399 e. The van der Waals surface area contributed by atoms with Crippen molar-refractivity contribution in [2.75, 3.05) is 11.1 Å². The molecule has 1 aromatic carbocycles. The number of anilines is 3. The zero-order chi connectivity index (χ0) is 10.7. The molecular weight excluding hydrogens is 186 g/mol. The minimum absolute atomic E-state index is 0.744. The van der Waals surface area contributed by atoms with E-state index in [0.29, 0.717) is 0 Å². The van der Waals surface area contributed by atoms with Crippen molar-refractivity contribution < 1.29 is 0 Å². The average molecular weight is 199 g/mol. The number of nitrogen functional groups attached to an aromatic ring is 1. The molecule has 0 aliphatic carbocycles. The van der Waals surface area contributed by atoms with Gasteiger partial charge in [0, 0.05) is 17.6 Å². The molecule has 0 radical (unpaired) electrons. The summed E-state index contributed by atoms with van der Waals surface area (Å²) in [6, 6.07) is 11.5. The number of aromatic nitrogens is 1. The molecule has 0 atom stereocenters. The van der Waals surface area contributed by atoms with Crippen molar-refractivity contribution in [3.63, 3.8) is 0 Å². The van der Waals surface area contributed by atoms with E-state index in [1.165, 1.54) is 0 Å². The Morgan fingerprint density at radius 2 is 2.07 bits per heavy atom. The number of rotatable bonds is 2. The number of nitrogens with zero attached hydrogens (tertiary/aromatic N) is 1. The van der Waals surface area contributed by atoms with E-state index in [2.05, 4.69) is 10.3 Å². The van der Waals surface area contributed by atoms with Crippen molar-refractivity contribution in [1.82, 2.24) is 4.98 Å². The van der Waals surface area contributed by atoms with Gasteiger partial charge in [-0.1, -0.05) is 12.1 Å². The Labute approximate surface area is 89.0 Å². The molecule has 3 nitrogen and oxygen atoms in total. The quantitative estimate of drug-likeness (QED) is 0.731. The van der Waals surface area contributed by atoms with Gasteiger partial charge in [-0.15, -0.1) is 0 Å². The maximum absolute atomic E-state index is 5.69. The van der Waals surface area contributed by atoms with Crippen LogP contribution in [0.4, 0.5) is 17.2 Å². The van der Waals surface area contributed by atoms with Gasteiger partial charge in [0.1, 0.15) is 5.82 Å². The van der Waals surface area contributed by atoms with E-state index >= 15 is 0 Å². The Hall–Kier alpha value is -2.03. The molecule has 0 fully saturated rings. The van der Waals surface area contributed by atoms with Crippen LogP contribution in [-0.4, -0.2) is 4.98 Å². The number of nitrogens with two attached hydrogens (primary N) is 1. The number of nitrogens with one attached hydrogen (secondary N) is 1. The summed E-state index contributed by atoms with van der Waals surface area (Å²) in [6.07, 6.45) is 1.77. The van der Waals surface area contributed by atoms with Gasteiger partial charge < -0.3 is 11.1 Å². The van der Waals surface area contributed by atoms with Crippen molar-refractivity contribution in [3.8, 4) is 0 Å². The Balaban J connectivity index is 2.26. The lowest BCUT2D eigenvalue weighted by Gasteiger charge is -2.08. The molecule has 76 valence electrons. The zero-order valence-electron chi connectivity index (χ0n) is 8.57. The molecule has 0 bridgehead atoms. The molecule has 3 heteroatoms. The molecule has 0 saturated carbocycles. The van der Waals surface area contributed by atoms with E-state index < -0.39 is 0 Å². The second-order valence-corrected chi connectivity index (χ2v) is 3.42. The third-order valence-corrected chi connectivity index (χ3v) is 2.16. The number of hydrogen-bond acceptors (Lipinski definition) is 3. The van der Waals surface area contributed by atoms with E-state index in [1.54, 1.807) is 6.20 Å². The first-order chi connectivity index (χ1) is 7.25. The molecule has 2 rings (SSSR count). The van der Waals surface area contributed by atoms with Gasteiger partial charge in [0.2, 0.25) is 0 Å². The first-order valence-corrected chi connectivity index (χ1v) is 4.80. The van der Waals surface area contributed by atoms with Crippen LogP contribution < -0.4 is 11.1 Å². The molecule has 0 amide bonds. The van der Waals surface area contributed by atoms with E-state index in [9.17, 15) is 0 Å². The molecule has 0 saturated heterocycles. The topological polar surface area (TPSA) is 50.9 Å². The SMILES string of the molecule is Cc1cccnc1Nc1cccc(N)c1. The number of aryl methyl sites for hydroxylation is 1. The minimum atomic E-state index is 0.744. The molecule has 1 aromatic heterocycles. The fourth-order valence-corrected chi connectivity index (χ4v) is 1.37. The van der Waals surface area contributed by atoms with Crippen LogP contribution in [0.2, 0.25) is 0 Å². The molecule has 15 heavy (non-hydrogen) atoms. The third-order valence-electron chi connectivity index (χ3n) is 2.16. The first kappa shape index (κ1) is 9.52. The Morgan fingerprint density at radius 3 is 2.80 bits per heavy atom. The highest BCUT2D eigenvalue weighted by molar-refractivity contribution is 5.62. The van der Waals surface area contributed by atoms with Gasteiger partial charge in [-0.3, -0.25) is 0 Å². The van der Waals surface area contributed by atoms with Gasteiger partial charge in [0.05, 0.1) is 0 Å². The molecule has 3 N–H and O–H groups in total. The highest BCUT2D eigenvalue weighted by atomic mass is 15.0. The van der Waals surface area contributed by atoms with E-state index in [0.717, 1.165) is 22.8 Å². The van der Waals surface area contributed by atoms with Crippen molar-refractivity contribution in [1.29, 1.82) is 0 Å². The van der Waals surface area contributed by atoms with Gasteiger partial charge in [-0.05, 0) is 36.8 Å². The summed E-state index contributed by atoms with van der Waals surface area (Å²) in [7, 11) is 0. The Bertz CT molecular complexity index is 466. The summed E-state index contributed by atoms with van der Waals surface area (Å²) < 4.78 is 0. The van der Waals surface area contributed by atoms with E-state index in [4.69, 9.17) is 5.73 Å². The van der Waals surface area contributed by atoms with Gasteiger partial charge in [0.25, 0.3) is 0 Å². The van der Waals surface area contributed by atoms with Crippen LogP contribution in [-0.2, 0) is 0 Å². The summed E-state index contributed by atoms with van der Waals surface area (Å²) in [4.78, 5) is 4.25. The molecule has 2 aromatic rings.